The smallest absolute Gasteiger partial charge is 0.251 e. The van der Waals surface area contributed by atoms with E-state index >= 15 is 0 Å². The maximum Gasteiger partial charge on any atom is 0.251 e. The van der Waals surface area contributed by atoms with Gasteiger partial charge in [0.1, 0.15) is 0 Å². The number of sulfonamides is 1. The maximum absolute atomic E-state index is 12.1. The molecule has 0 spiro atoms. The number of amides is 1. The molecule has 2 N–H and O–H groups in total. The van der Waals surface area contributed by atoms with E-state index in [-0.39, 0.29) is 16.3 Å². The highest BCUT2D eigenvalue weighted by Gasteiger charge is 2.20. The van der Waals surface area contributed by atoms with Crippen LogP contribution in [0.2, 0.25) is 0 Å². The van der Waals surface area contributed by atoms with E-state index in [0.29, 0.717) is 5.56 Å². The molecule has 0 saturated heterocycles. The van der Waals surface area contributed by atoms with Crippen molar-refractivity contribution in [2.45, 2.75) is 44.0 Å². The Labute approximate surface area is 120 Å². The molecule has 0 bridgehead atoms. The quantitative estimate of drug-likeness (QED) is 0.842. The van der Waals surface area contributed by atoms with Gasteiger partial charge in [-0.3, -0.25) is 4.79 Å². The van der Waals surface area contributed by atoms with Crippen LogP contribution in [0.15, 0.2) is 29.2 Å². The van der Waals surface area contributed by atoms with Gasteiger partial charge in [-0.05, 0) is 51.6 Å². The van der Waals surface area contributed by atoms with Crippen molar-refractivity contribution in [2.75, 3.05) is 7.05 Å². The first kappa shape index (κ1) is 16.7. The average molecular weight is 298 g/mol. The Balaban J connectivity index is 2.87. The predicted octanol–water partition coefficient (Wildman–Crippen LogP) is 1.90. The minimum Gasteiger partial charge on any atom is -0.347 e. The number of carbonyl (C=O) groups excluding carboxylic acids is 1. The van der Waals surface area contributed by atoms with Gasteiger partial charge in [-0.2, -0.15) is 0 Å². The Hall–Kier alpha value is -1.40. The third-order valence-corrected chi connectivity index (χ3v) is 4.45. The summed E-state index contributed by atoms with van der Waals surface area (Å²) >= 11 is 0. The second-order valence-electron chi connectivity index (χ2n) is 5.32. The highest BCUT2D eigenvalue weighted by Crippen LogP contribution is 2.14. The number of carbonyl (C=O) groups is 1. The number of hydrogen-bond acceptors (Lipinski definition) is 3. The lowest BCUT2D eigenvalue weighted by Crippen LogP contribution is -2.43. The summed E-state index contributed by atoms with van der Waals surface area (Å²) in [6.45, 7) is 5.99. The third kappa shape index (κ3) is 4.31. The maximum atomic E-state index is 12.1. The van der Waals surface area contributed by atoms with E-state index in [9.17, 15) is 13.2 Å². The van der Waals surface area contributed by atoms with Gasteiger partial charge < -0.3 is 5.32 Å². The molecule has 1 rings (SSSR count). The summed E-state index contributed by atoms with van der Waals surface area (Å²) in [7, 11) is -2.12. The fraction of sp³-hybridized carbons (Fsp3) is 0.500. The van der Waals surface area contributed by atoms with Crippen molar-refractivity contribution in [3.8, 4) is 0 Å². The van der Waals surface area contributed by atoms with Crippen molar-refractivity contribution in [3.63, 3.8) is 0 Å². The van der Waals surface area contributed by atoms with Crippen LogP contribution in [0, 0.1) is 0 Å². The van der Waals surface area contributed by atoms with Gasteiger partial charge in [0.15, 0.2) is 0 Å². The second-order valence-corrected chi connectivity index (χ2v) is 7.21. The predicted molar refractivity (Wildman–Crippen MR) is 79.1 cm³/mol. The third-order valence-electron chi connectivity index (χ3n) is 3.02. The molecule has 1 aromatic carbocycles. The highest BCUT2D eigenvalue weighted by molar-refractivity contribution is 7.89. The Morgan fingerprint density at radius 2 is 1.75 bits per heavy atom. The SMILES string of the molecule is CCCC(C)(C)NC(=O)c1ccc(S(=O)(=O)NC)cc1. The zero-order chi connectivity index (χ0) is 15.4. The van der Waals surface area contributed by atoms with Crippen molar-refractivity contribution in [1.29, 1.82) is 0 Å². The molecule has 0 heterocycles. The minimum absolute atomic E-state index is 0.143. The van der Waals surface area contributed by atoms with E-state index in [2.05, 4.69) is 17.0 Å². The molecule has 0 aliphatic rings. The van der Waals surface area contributed by atoms with Crippen LogP contribution >= 0.6 is 0 Å². The molecule has 112 valence electrons. The summed E-state index contributed by atoms with van der Waals surface area (Å²) in [6, 6.07) is 5.88. The zero-order valence-electron chi connectivity index (χ0n) is 12.4. The van der Waals surface area contributed by atoms with Crippen LogP contribution < -0.4 is 10.0 Å². The fourth-order valence-corrected chi connectivity index (χ4v) is 2.70. The summed E-state index contributed by atoms with van der Waals surface area (Å²) in [5.74, 6) is -0.197. The van der Waals surface area contributed by atoms with Gasteiger partial charge in [0.25, 0.3) is 5.91 Å². The van der Waals surface area contributed by atoms with Gasteiger partial charge in [0, 0.05) is 11.1 Å². The average Bonchev–Trinajstić information content (AvgIpc) is 2.38. The molecule has 0 atom stereocenters. The fourth-order valence-electron chi connectivity index (χ4n) is 1.97. The van der Waals surface area contributed by atoms with Crippen LogP contribution in [0.1, 0.15) is 44.0 Å². The number of benzene rings is 1. The molecule has 20 heavy (non-hydrogen) atoms. The monoisotopic (exact) mass is 298 g/mol. The summed E-state index contributed by atoms with van der Waals surface area (Å²) in [6.07, 6.45) is 1.86. The summed E-state index contributed by atoms with van der Waals surface area (Å²) < 4.78 is 25.4. The van der Waals surface area contributed by atoms with Crippen LogP contribution in [-0.2, 0) is 10.0 Å². The topological polar surface area (TPSA) is 75.3 Å². The lowest BCUT2D eigenvalue weighted by atomic mass is 9.98. The summed E-state index contributed by atoms with van der Waals surface area (Å²) in [5, 5.41) is 2.94. The van der Waals surface area contributed by atoms with Gasteiger partial charge in [-0.1, -0.05) is 13.3 Å². The minimum atomic E-state index is -3.47. The Morgan fingerprint density at radius 1 is 1.20 bits per heavy atom. The highest BCUT2D eigenvalue weighted by atomic mass is 32.2. The standard InChI is InChI=1S/C14H22N2O3S/c1-5-10-14(2,3)16-13(17)11-6-8-12(9-7-11)20(18,19)15-4/h6-9,15H,5,10H2,1-4H3,(H,16,17). The number of nitrogens with one attached hydrogen (secondary N) is 2. The van der Waals surface area contributed by atoms with E-state index in [4.69, 9.17) is 0 Å². The van der Waals surface area contributed by atoms with E-state index in [1.54, 1.807) is 0 Å². The van der Waals surface area contributed by atoms with E-state index in [1.807, 2.05) is 13.8 Å². The molecule has 1 aromatic rings. The zero-order valence-corrected chi connectivity index (χ0v) is 13.2. The van der Waals surface area contributed by atoms with Crippen molar-refractivity contribution in [2.24, 2.45) is 0 Å². The number of rotatable bonds is 6. The number of hydrogen-bond donors (Lipinski definition) is 2. The van der Waals surface area contributed by atoms with Crippen molar-refractivity contribution < 1.29 is 13.2 Å². The second kappa shape index (κ2) is 6.37. The van der Waals surface area contributed by atoms with Crippen LogP contribution in [-0.4, -0.2) is 26.9 Å². The van der Waals surface area contributed by atoms with Crippen LogP contribution in [0.25, 0.3) is 0 Å². The largest absolute Gasteiger partial charge is 0.347 e. The Kier molecular flexibility index (Phi) is 5.30. The summed E-state index contributed by atoms with van der Waals surface area (Å²) in [5.41, 5.74) is 0.172. The van der Waals surface area contributed by atoms with Gasteiger partial charge in [-0.15, -0.1) is 0 Å². The molecule has 0 radical (unpaired) electrons. The Bertz CT molecular complexity index is 563. The van der Waals surface area contributed by atoms with Crippen molar-refractivity contribution >= 4 is 15.9 Å². The van der Waals surface area contributed by atoms with Gasteiger partial charge in [0.2, 0.25) is 10.0 Å². The first-order valence-electron chi connectivity index (χ1n) is 6.58. The molecule has 6 heteroatoms. The van der Waals surface area contributed by atoms with Gasteiger partial charge in [0.05, 0.1) is 4.90 Å². The van der Waals surface area contributed by atoms with E-state index in [0.717, 1.165) is 12.8 Å². The molecule has 0 aliphatic heterocycles. The summed E-state index contributed by atoms with van der Waals surface area (Å²) in [4.78, 5) is 12.2. The van der Waals surface area contributed by atoms with Crippen LogP contribution in [0.4, 0.5) is 0 Å². The molecular formula is C14H22N2O3S. The van der Waals surface area contributed by atoms with E-state index < -0.39 is 10.0 Å². The Morgan fingerprint density at radius 3 is 2.20 bits per heavy atom. The van der Waals surface area contributed by atoms with Crippen molar-refractivity contribution in [3.05, 3.63) is 29.8 Å². The lowest BCUT2D eigenvalue weighted by Gasteiger charge is -2.25. The molecule has 0 unspecified atom stereocenters. The molecule has 0 saturated carbocycles. The molecule has 5 nitrogen and oxygen atoms in total. The van der Waals surface area contributed by atoms with Crippen molar-refractivity contribution in [1.82, 2.24) is 10.0 Å². The van der Waals surface area contributed by atoms with Crippen LogP contribution in [0.3, 0.4) is 0 Å². The van der Waals surface area contributed by atoms with Crippen LogP contribution in [0.5, 0.6) is 0 Å². The molecule has 0 aliphatic carbocycles. The van der Waals surface area contributed by atoms with Gasteiger partial charge in [-0.25, -0.2) is 13.1 Å². The molecule has 0 aromatic heterocycles. The first-order chi connectivity index (χ1) is 9.22. The molecule has 0 fully saturated rings. The van der Waals surface area contributed by atoms with E-state index in [1.165, 1.54) is 31.3 Å². The first-order valence-corrected chi connectivity index (χ1v) is 8.06. The van der Waals surface area contributed by atoms with Gasteiger partial charge >= 0.3 is 0 Å². The molecule has 1 amide bonds. The molecular weight excluding hydrogens is 276 g/mol. The lowest BCUT2D eigenvalue weighted by molar-refractivity contribution is 0.0909. The normalized spacial score (nSPS) is 12.2.